The Kier molecular flexibility index (Phi) is 5.11. The number of hydrogen-bond donors (Lipinski definition) is 0. The molecule has 6 nitrogen and oxygen atoms in total. The molecule has 0 N–H and O–H groups in total. The largest absolute Gasteiger partial charge is 0.468 e. The van der Waals surface area contributed by atoms with Crippen LogP contribution in [0.25, 0.3) is 0 Å². The van der Waals surface area contributed by atoms with Gasteiger partial charge in [-0.15, -0.1) is 0 Å². The smallest absolute Gasteiger partial charge is 0.226 e. The van der Waals surface area contributed by atoms with Crippen molar-refractivity contribution in [2.45, 2.75) is 51.6 Å². The lowest BCUT2D eigenvalue weighted by Crippen LogP contribution is -2.45. The van der Waals surface area contributed by atoms with Crippen molar-refractivity contribution >= 4 is 5.91 Å². The first-order valence-corrected chi connectivity index (χ1v) is 9.69. The zero-order valence-electron chi connectivity index (χ0n) is 15.4. The van der Waals surface area contributed by atoms with E-state index in [1.54, 1.807) is 6.26 Å². The van der Waals surface area contributed by atoms with E-state index in [-0.39, 0.29) is 12.0 Å². The van der Waals surface area contributed by atoms with Gasteiger partial charge in [-0.25, -0.2) is 0 Å². The molecule has 0 aromatic carbocycles. The zero-order chi connectivity index (χ0) is 17.9. The topological polar surface area (TPSA) is 62.7 Å². The Morgan fingerprint density at radius 2 is 2.08 bits per heavy atom. The summed E-state index contributed by atoms with van der Waals surface area (Å²) in [6.45, 7) is 5.46. The van der Waals surface area contributed by atoms with Gasteiger partial charge in [0, 0.05) is 18.5 Å². The summed E-state index contributed by atoms with van der Waals surface area (Å²) < 4.78 is 10.7. The fraction of sp³-hybridized carbons (Fsp3) is 0.600. The van der Waals surface area contributed by atoms with Crippen LogP contribution in [0.2, 0.25) is 0 Å². The second-order valence-electron chi connectivity index (χ2n) is 7.54. The molecule has 2 saturated heterocycles. The Bertz CT molecular complexity index is 717. The molecule has 6 heteroatoms. The van der Waals surface area contributed by atoms with Gasteiger partial charge in [0.15, 0.2) is 0 Å². The van der Waals surface area contributed by atoms with Crippen molar-refractivity contribution in [3.63, 3.8) is 0 Å². The second-order valence-corrected chi connectivity index (χ2v) is 7.54. The molecule has 4 rings (SSSR count). The molecular weight excluding hydrogens is 330 g/mol. The summed E-state index contributed by atoms with van der Waals surface area (Å²) in [5, 5.41) is 4.18. The summed E-state index contributed by atoms with van der Waals surface area (Å²) in [6.07, 6.45) is 6.75. The predicted octanol–water partition coefficient (Wildman–Crippen LogP) is 3.54. The summed E-state index contributed by atoms with van der Waals surface area (Å²) in [5.74, 6) is 2.22. The minimum atomic E-state index is 0.0786. The van der Waals surface area contributed by atoms with Crippen LogP contribution in [0, 0.1) is 12.8 Å². The monoisotopic (exact) mass is 357 g/mol. The molecule has 2 aliphatic rings. The van der Waals surface area contributed by atoms with Crippen molar-refractivity contribution in [3.05, 3.63) is 41.7 Å². The molecule has 4 heterocycles. The molecule has 2 aliphatic heterocycles. The third-order valence-corrected chi connectivity index (χ3v) is 5.67. The average Bonchev–Trinajstić information content (AvgIpc) is 3.33. The number of carbonyl (C=O) groups excluding carboxylic acids is 1. The minimum Gasteiger partial charge on any atom is -0.468 e. The molecule has 0 radical (unpaired) electrons. The van der Waals surface area contributed by atoms with E-state index in [1.807, 2.05) is 25.1 Å². The van der Waals surface area contributed by atoms with Crippen molar-refractivity contribution in [3.8, 4) is 0 Å². The first-order valence-electron chi connectivity index (χ1n) is 9.69. The van der Waals surface area contributed by atoms with Crippen molar-refractivity contribution in [1.29, 1.82) is 0 Å². The van der Waals surface area contributed by atoms with Gasteiger partial charge in [-0.1, -0.05) is 5.16 Å². The van der Waals surface area contributed by atoms with Gasteiger partial charge in [-0.3, -0.25) is 9.69 Å². The van der Waals surface area contributed by atoms with Gasteiger partial charge in [-0.05, 0) is 64.3 Å². The van der Waals surface area contributed by atoms with E-state index in [9.17, 15) is 4.79 Å². The molecule has 2 fully saturated rings. The van der Waals surface area contributed by atoms with E-state index in [0.717, 1.165) is 75.5 Å². The first kappa shape index (κ1) is 17.3. The molecule has 0 bridgehead atoms. The maximum Gasteiger partial charge on any atom is 0.226 e. The highest BCUT2D eigenvalue weighted by atomic mass is 16.5. The zero-order valence-corrected chi connectivity index (χ0v) is 15.4. The van der Waals surface area contributed by atoms with Crippen LogP contribution in [0.5, 0.6) is 0 Å². The van der Waals surface area contributed by atoms with Crippen molar-refractivity contribution in [1.82, 2.24) is 15.0 Å². The van der Waals surface area contributed by atoms with Crippen LogP contribution in [0.1, 0.15) is 55.4 Å². The molecule has 2 aromatic rings. The first-order chi connectivity index (χ1) is 12.7. The Labute approximate surface area is 154 Å². The van der Waals surface area contributed by atoms with Crippen LogP contribution in [0.15, 0.2) is 33.4 Å². The third-order valence-electron chi connectivity index (χ3n) is 5.67. The highest BCUT2D eigenvalue weighted by molar-refractivity contribution is 5.79. The summed E-state index contributed by atoms with van der Waals surface area (Å²) in [4.78, 5) is 17.6. The van der Waals surface area contributed by atoms with Crippen LogP contribution in [-0.4, -0.2) is 40.5 Å². The lowest BCUT2D eigenvalue weighted by atomic mass is 9.91. The summed E-state index contributed by atoms with van der Waals surface area (Å²) >= 11 is 0. The molecular formula is C20H27N3O3. The highest BCUT2D eigenvalue weighted by Gasteiger charge is 2.35. The normalized spacial score (nSPS) is 22.7. The number of furan rings is 1. The number of hydrogen-bond acceptors (Lipinski definition) is 5. The summed E-state index contributed by atoms with van der Waals surface area (Å²) in [6, 6.07) is 5.99. The number of aryl methyl sites for hydroxylation is 1. The fourth-order valence-electron chi connectivity index (χ4n) is 4.24. The molecule has 0 saturated carbocycles. The van der Waals surface area contributed by atoms with Gasteiger partial charge in [0.25, 0.3) is 0 Å². The van der Waals surface area contributed by atoms with E-state index in [2.05, 4.69) is 15.0 Å². The Hall–Kier alpha value is -2.08. The van der Waals surface area contributed by atoms with Gasteiger partial charge < -0.3 is 13.8 Å². The van der Waals surface area contributed by atoms with Gasteiger partial charge in [-0.2, -0.15) is 0 Å². The standard InChI is InChI=1S/C20H27N3O3/c1-15-13-18(21-26-15)19-6-2-3-9-23(19)20(24)16-7-10-22(11-8-16)14-17-5-4-12-25-17/h4-5,12-13,16,19H,2-3,6-11,14H2,1H3/t19-/m0/s1. The molecule has 0 unspecified atom stereocenters. The van der Waals surface area contributed by atoms with E-state index in [1.165, 1.54) is 0 Å². The molecule has 140 valence electrons. The Balaban J connectivity index is 1.37. The van der Waals surface area contributed by atoms with E-state index < -0.39 is 0 Å². The maximum atomic E-state index is 13.2. The van der Waals surface area contributed by atoms with Gasteiger partial charge >= 0.3 is 0 Å². The number of rotatable bonds is 4. The molecule has 2 aromatic heterocycles. The number of carbonyl (C=O) groups is 1. The number of likely N-dealkylation sites (tertiary alicyclic amines) is 2. The van der Waals surface area contributed by atoms with Crippen molar-refractivity contribution in [2.24, 2.45) is 5.92 Å². The summed E-state index contributed by atoms with van der Waals surface area (Å²) in [5.41, 5.74) is 0.908. The van der Waals surface area contributed by atoms with Crippen LogP contribution in [0.3, 0.4) is 0 Å². The van der Waals surface area contributed by atoms with Crippen LogP contribution in [0.4, 0.5) is 0 Å². The number of aromatic nitrogens is 1. The minimum absolute atomic E-state index is 0.0786. The summed E-state index contributed by atoms with van der Waals surface area (Å²) in [7, 11) is 0. The Morgan fingerprint density at radius 1 is 1.23 bits per heavy atom. The average molecular weight is 357 g/mol. The lowest BCUT2D eigenvalue weighted by Gasteiger charge is -2.39. The molecule has 0 aliphatic carbocycles. The van der Waals surface area contributed by atoms with Crippen molar-refractivity contribution < 1.29 is 13.7 Å². The number of piperidine rings is 2. The third kappa shape index (κ3) is 3.70. The molecule has 1 atom stereocenters. The number of nitrogens with zero attached hydrogens (tertiary/aromatic N) is 3. The highest BCUT2D eigenvalue weighted by Crippen LogP contribution is 2.33. The van der Waals surface area contributed by atoms with Gasteiger partial charge in [0.05, 0.1) is 18.8 Å². The van der Waals surface area contributed by atoms with Crippen LogP contribution >= 0.6 is 0 Å². The second kappa shape index (κ2) is 7.66. The van der Waals surface area contributed by atoms with E-state index >= 15 is 0 Å². The molecule has 0 spiro atoms. The quantitative estimate of drug-likeness (QED) is 0.837. The Morgan fingerprint density at radius 3 is 2.77 bits per heavy atom. The van der Waals surface area contributed by atoms with Crippen LogP contribution in [-0.2, 0) is 11.3 Å². The van der Waals surface area contributed by atoms with E-state index in [0.29, 0.717) is 5.91 Å². The maximum absolute atomic E-state index is 13.2. The predicted molar refractivity (Wildman–Crippen MR) is 96.3 cm³/mol. The SMILES string of the molecule is Cc1cc([C@@H]2CCCCN2C(=O)C2CCN(Cc3ccco3)CC2)no1. The van der Waals surface area contributed by atoms with Crippen LogP contribution < -0.4 is 0 Å². The molecule has 1 amide bonds. The fourth-order valence-corrected chi connectivity index (χ4v) is 4.24. The van der Waals surface area contributed by atoms with E-state index in [4.69, 9.17) is 8.94 Å². The lowest BCUT2D eigenvalue weighted by molar-refractivity contribution is -0.141. The molecule has 26 heavy (non-hydrogen) atoms. The van der Waals surface area contributed by atoms with Crippen molar-refractivity contribution in [2.75, 3.05) is 19.6 Å². The van der Waals surface area contributed by atoms with Gasteiger partial charge in [0.1, 0.15) is 17.2 Å². The van der Waals surface area contributed by atoms with Gasteiger partial charge in [0.2, 0.25) is 5.91 Å². The number of amides is 1.